The molecule has 1 amide bonds. The van der Waals surface area contributed by atoms with Crippen LogP contribution < -0.4 is 5.32 Å². The van der Waals surface area contributed by atoms with Crippen molar-refractivity contribution in [1.29, 1.82) is 0 Å². The Balaban J connectivity index is 2.79. The number of nitrogens with zero attached hydrogens (tertiary/aromatic N) is 2. The van der Waals surface area contributed by atoms with Gasteiger partial charge < -0.3 is 10.1 Å². The number of amides is 1. The van der Waals surface area contributed by atoms with E-state index in [1.807, 2.05) is 27.7 Å². The molecular weight excluding hydrogens is 278 g/mol. The molecule has 20 heavy (non-hydrogen) atoms. The van der Waals surface area contributed by atoms with Gasteiger partial charge in [0.25, 0.3) is 5.91 Å². The summed E-state index contributed by atoms with van der Waals surface area (Å²) in [6.45, 7) is 8.42. The maximum absolute atomic E-state index is 12.1. The molecule has 112 valence electrons. The number of methoxy groups -OCH3 is 1. The molecule has 0 aliphatic carbocycles. The minimum atomic E-state index is -0.304. The highest BCUT2D eigenvalue weighted by Crippen LogP contribution is 2.16. The number of carbonyl (C=O) groups excluding carboxylic acids is 1. The molecule has 0 aromatic carbocycles. The van der Waals surface area contributed by atoms with E-state index in [0.717, 1.165) is 0 Å². The summed E-state index contributed by atoms with van der Waals surface area (Å²) in [7, 11) is 1.63. The van der Waals surface area contributed by atoms with Crippen LogP contribution in [0.25, 0.3) is 0 Å². The summed E-state index contributed by atoms with van der Waals surface area (Å²) in [5.74, 6) is 0.752. The monoisotopic (exact) mass is 299 g/mol. The van der Waals surface area contributed by atoms with Crippen LogP contribution in [0.1, 0.15) is 49.9 Å². The van der Waals surface area contributed by atoms with Crippen LogP contribution in [0.3, 0.4) is 0 Å². The Bertz CT molecular complexity index is 464. The van der Waals surface area contributed by atoms with Crippen LogP contribution in [0.15, 0.2) is 6.20 Å². The molecule has 0 aliphatic heterocycles. The summed E-state index contributed by atoms with van der Waals surface area (Å²) in [5.41, 5.74) is 0.212. The number of aromatic nitrogens is 2. The Morgan fingerprint density at radius 2 is 2.05 bits per heavy atom. The zero-order valence-corrected chi connectivity index (χ0v) is 13.4. The van der Waals surface area contributed by atoms with Crippen molar-refractivity contribution in [3.8, 4) is 0 Å². The van der Waals surface area contributed by atoms with Crippen molar-refractivity contribution in [3.05, 3.63) is 22.7 Å². The first kappa shape index (κ1) is 16.9. The molecule has 0 bridgehead atoms. The van der Waals surface area contributed by atoms with Crippen LogP contribution in [0.4, 0.5) is 0 Å². The Labute approximate surface area is 125 Å². The van der Waals surface area contributed by atoms with E-state index in [1.165, 1.54) is 6.20 Å². The maximum atomic E-state index is 12.1. The number of nitrogens with one attached hydrogen (secondary N) is 1. The number of hydrogen-bond donors (Lipinski definition) is 1. The first-order chi connectivity index (χ1) is 9.36. The summed E-state index contributed by atoms with van der Waals surface area (Å²) in [6, 6.07) is 0. The number of rotatable bonds is 6. The molecule has 1 rings (SSSR count). The SMILES string of the molecule is COC(CNC(=O)c1nc(C(C)C)ncc1Cl)C(C)C. The van der Waals surface area contributed by atoms with Crippen LogP contribution in [0.2, 0.25) is 5.02 Å². The quantitative estimate of drug-likeness (QED) is 0.877. The highest BCUT2D eigenvalue weighted by molar-refractivity contribution is 6.33. The predicted molar refractivity (Wildman–Crippen MR) is 79.1 cm³/mol. The normalized spacial score (nSPS) is 12.8. The van der Waals surface area contributed by atoms with Gasteiger partial charge in [-0.25, -0.2) is 9.97 Å². The number of hydrogen-bond acceptors (Lipinski definition) is 4. The summed E-state index contributed by atoms with van der Waals surface area (Å²) >= 11 is 5.99. The molecule has 0 spiro atoms. The van der Waals surface area contributed by atoms with Crippen LogP contribution in [0, 0.1) is 5.92 Å². The van der Waals surface area contributed by atoms with Gasteiger partial charge in [0.2, 0.25) is 0 Å². The van der Waals surface area contributed by atoms with E-state index < -0.39 is 0 Å². The van der Waals surface area contributed by atoms with E-state index in [2.05, 4.69) is 15.3 Å². The smallest absolute Gasteiger partial charge is 0.271 e. The minimum Gasteiger partial charge on any atom is -0.379 e. The third-order valence-electron chi connectivity index (χ3n) is 3.00. The van der Waals surface area contributed by atoms with Gasteiger partial charge in [-0.3, -0.25) is 4.79 Å². The van der Waals surface area contributed by atoms with Gasteiger partial charge in [-0.2, -0.15) is 0 Å². The summed E-state index contributed by atoms with van der Waals surface area (Å²) in [6.07, 6.45) is 1.43. The molecule has 1 N–H and O–H groups in total. The number of carbonyl (C=O) groups is 1. The highest BCUT2D eigenvalue weighted by Gasteiger charge is 2.18. The van der Waals surface area contributed by atoms with Gasteiger partial charge in [-0.1, -0.05) is 39.3 Å². The summed E-state index contributed by atoms with van der Waals surface area (Å²) in [4.78, 5) is 20.5. The second-order valence-electron chi connectivity index (χ2n) is 5.31. The molecule has 6 heteroatoms. The number of ether oxygens (including phenoxy) is 1. The van der Waals surface area contributed by atoms with Crippen molar-refractivity contribution < 1.29 is 9.53 Å². The zero-order chi connectivity index (χ0) is 15.3. The Kier molecular flexibility index (Phi) is 6.36. The van der Waals surface area contributed by atoms with Crippen molar-refractivity contribution in [1.82, 2.24) is 15.3 Å². The second-order valence-corrected chi connectivity index (χ2v) is 5.71. The molecule has 0 fully saturated rings. The molecule has 1 atom stereocenters. The molecular formula is C14H22ClN3O2. The van der Waals surface area contributed by atoms with Gasteiger partial charge in [0.1, 0.15) is 11.5 Å². The van der Waals surface area contributed by atoms with E-state index in [4.69, 9.17) is 16.3 Å². The fourth-order valence-electron chi connectivity index (χ4n) is 1.69. The highest BCUT2D eigenvalue weighted by atomic mass is 35.5. The van der Waals surface area contributed by atoms with Crippen LogP contribution in [-0.4, -0.2) is 35.6 Å². The van der Waals surface area contributed by atoms with Gasteiger partial charge in [-0.05, 0) is 5.92 Å². The molecule has 1 aromatic heterocycles. The van der Waals surface area contributed by atoms with Crippen LogP contribution in [0.5, 0.6) is 0 Å². The largest absolute Gasteiger partial charge is 0.379 e. The van der Waals surface area contributed by atoms with Crippen molar-refractivity contribution in [2.24, 2.45) is 5.92 Å². The fraction of sp³-hybridized carbons (Fsp3) is 0.643. The van der Waals surface area contributed by atoms with Crippen molar-refractivity contribution in [2.45, 2.75) is 39.7 Å². The molecule has 1 aromatic rings. The lowest BCUT2D eigenvalue weighted by atomic mass is 10.1. The third kappa shape index (κ3) is 4.42. The molecule has 0 radical (unpaired) electrons. The first-order valence-corrected chi connectivity index (χ1v) is 7.08. The van der Waals surface area contributed by atoms with E-state index in [1.54, 1.807) is 7.11 Å². The second kappa shape index (κ2) is 7.55. The van der Waals surface area contributed by atoms with Crippen molar-refractivity contribution in [3.63, 3.8) is 0 Å². The van der Waals surface area contributed by atoms with E-state index >= 15 is 0 Å². The topological polar surface area (TPSA) is 64.1 Å². The molecule has 1 heterocycles. The lowest BCUT2D eigenvalue weighted by molar-refractivity contribution is 0.0603. The average molecular weight is 300 g/mol. The van der Waals surface area contributed by atoms with Crippen LogP contribution >= 0.6 is 11.6 Å². The van der Waals surface area contributed by atoms with Crippen molar-refractivity contribution >= 4 is 17.5 Å². The standard InChI is InChI=1S/C14H22ClN3O2/c1-8(2)11(20-5)7-17-14(19)12-10(15)6-16-13(18-12)9(3)4/h6,8-9,11H,7H2,1-5H3,(H,17,19). The van der Waals surface area contributed by atoms with Gasteiger partial charge in [0.05, 0.1) is 17.3 Å². The van der Waals surface area contributed by atoms with Crippen molar-refractivity contribution in [2.75, 3.05) is 13.7 Å². The van der Waals surface area contributed by atoms with Gasteiger partial charge in [-0.15, -0.1) is 0 Å². The lowest BCUT2D eigenvalue weighted by Gasteiger charge is -2.19. The Hall–Kier alpha value is -1.20. The van der Waals surface area contributed by atoms with E-state index in [-0.39, 0.29) is 28.6 Å². The third-order valence-corrected chi connectivity index (χ3v) is 3.28. The minimum absolute atomic E-state index is 0.0378. The molecule has 0 aliphatic rings. The van der Waals surface area contributed by atoms with Crippen LogP contribution in [-0.2, 0) is 4.74 Å². The van der Waals surface area contributed by atoms with E-state index in [9.17, 15) is 4.79 Å². The molecule has 0 saturated heterocycles. The molecule has 0 saturated carbocycles. The van der Waals surface area contributed by atoms with Gasteiger partial charge in [0.15, 0.2) is 0 Å². The first-order valence-electron chi connectivity index (χ1n) is 6.70. The fourth-order valence-corrected chi connectivity index (χ4v) is 1.86. The number of halogens is 1. The van der Waals surface area contributed by atoms with Gasteiger partial charge >= 0.3 is 0 Å². The molecule has 5 nitrogen and oxygen atoms in total. The average Bonchev–Trinajstić information content (AvgIpc) is 2.38. The van der Waals surface area contributed by atoms with Gasteiger partial charge in [0, 0.05) is 19.6 Å². The predicted octanol–water partition coefficient (Wildman–Crippen LogP) is 2.65. The summed E-state index contributed by atoms with van der Waals surface area (Å²) in [5, 5.41) is 3.05. The summed E-state index contributed by atoms with van der Waals surface area (Å²) < 4.78 is 5.31. The molecule has 1 unspecified atom stereocenters. The lowest BCUT2D eigenvalue weighted by Crippen LogP contribution is -2.36. The Morgan fingerprint density at radius 3 is 2.55 bits per heavy atom. The zero-order valence-electron chi connectivity index (χ0n) is 12.6. The Morgan fingerprint density at radius 1 is 1.40 bits per heavy atom. The maximum Gasteiger partial charge on any atom is 0.271 e. The van der Waals surface area contributed by atoms with E-state index in [0.29, 0.717) is 18.3 Å².